The molecule has 0 bridgehead atoms. The number of aromatic nitrogens is 3. The van der Waals surface area contributed by atoms with Gasteiger partial charge in [0.05, 0.1) is 49.3 Å². The average molecular weight is 563 g/mol. The summed E-state index contributed by atoms with van der Waals surface area (Å²) in [7, 11) is 0. The Labute approximate surface area is 216 Å². The van der Waals surface area contributed by atoms with Gasteiger partial charge >= 0.3 is 12.4 Å². The number of hydrogen-bond donors (Lipinski definition) is 3. The molecule has 0 aromatic carbocycles. The number of nitrogens with one attached hydrogen (secondary N) is 3. The molecule has 2 aromatic rings. The molecule has 4 rings (SSSR count). The molecule has 212 valence electrons. The Bertz CT molecular complexity index is 1300. The van der Waals surface area contributed by atoms with Crippen LogP contribution in [0.15, 0.2) is 23.3 Å². The van der Waals surface area contributed by atoms with E-state index < -0.39 is 52.7 Å². The molecule has 3 N–H and O–H groups in total. The second-order valence-electron chi connectivity index (χ2n) is 8.99. The zero-order chi connectivity index (χ0) is 28.5. The number of nitrogens with zero attached hydrogens (tertiary/aromatic N) is 4. The van der Waals surface area contributed by atoms with Crippen LogP contribution in [0.4, 0.5) is 43.5 Å². The second-order valence-corrected chi connectivity index (χ2v) is 8.99. The summed E-state index contributed by atoms with van der Waals surface area (Å²) in [6.07, 6.45) is -8.06. The minimum atomic E-state index is -4.89. The van der Waals surface area contributed by atoms with Gasteiger partial charge in [0.15, 0.2) is 5.82 Å². The highest BCUT2D eigenvalue weighted by molar-refractivity contribution is 6.03. The number of rotatable bonds is 7. The van der Waals surface area contributed by atoms with Gasteiger partial charge in [-0.05, 0) is 13.0 Å². The van der Waals surface area contributed by atoms with E-state index >= 15 is 0 Å². The molecule has 11 nitrogen and oxygen atoms in total. The van der Waals surface area contributed by atoms with E-state index in [2.05, 4.69) is 20.7 Å². The molecular formula is C22H23F6N7O4. The van der Waals surface area contributed by atoms with E-state index in [1.165, 1.54) is 11.8 Å². The number of piperazine rings is 1. The van der Waals surface area contributed by atoms with E-state index in [4.69, 9.17) is 4.74 Å². The molecule has 1 saturated heterocycles. The summed E-state index contributed by atoms with van der Waals surface area (Å²) < 4.78 is 83.9. The minimum Gasteiger partial charge on any atom is -0.379 e. The van der Waals surface area contributed by atoms with Crippen molar-refractivity contribution in [3.05, 3.63) is 39.9 Å². The first-order valence-corrected chi connectivity index (χ1v) is 11.7. The highest BCUT2D eigenvalue weighted by atomic mass is 19.4. The summed E-state index contributed by atoms with van der Waals surface area (Å²) in [5.41, 5.74) is -4.35. The Morgan fingerprint density at radius 2 is 1.92 bits per heavy atom. The van der Waals surface area contributed by atoms with Crippen LogP contribution < -0.4 is 21.1 Å². The van der Waals surface area contributed by atoms with Crippen molar-refractivity contribution in [2.75, 3.05) is 48.4 Å². The van der Waals surface area contributed by atoms with Crippen LogP contribution in [0.3, 0.4) is 0 Å². The van der Waals surface area contributed by atoms with Crippen LogP contribution in [0.1, 0.15) is 24.5 Å². The summed E-state index contributed by atoms with van der Waals surface area (Å²) in [5, 5.41) is 10.1. The third-order valence-corrected chi connectivity index (χ3v) is 6.13. The molecule has 39 heavy (non-hydrogen) atoms. The van der Waals surface area contributed by atoms with Crippen LogP contribution in [-0.4, -0.2) is 76.8 Å². The van der Waals surface area contributed by atoms with Gasteiger partial charge in [-0.25, -0.2) is 10.1 Å². The molecular weight excluding hydrogens is 540 g/mol. The maximum Gasteiger partial charge on any atom is 0.423 e. The molecule has 2 aromatic heterocycles. The van der Waals surface area contributed by atoms with Gasteiger partial charge in [0.25, 0.3) is 5.56 Å². The lowest BCUT2D eigenvalue weighted by Crippen LogP contribution is -2.61. The first-order valence-electron chi connectivity index (χ1n) is 11.7. The molecule has 2 amide bonds. The Morgan fingerprint density at radius 3 is 2.62 bits per heavy atom. The van der Waals surface area contributed by atoms with Gasteiger partial charge in [0, 0.05) is 25.3 Å². The number of carbonyl (C=O) groups excluding carboxylic acids is 2. The van der Waals surface area contributed by atoms with Crippen molar-refractivity contribution in [3.8, 4) is 0 Å². The standard InChI is InChI=1S/C22H23F6N7O4/c1-11(31-14-8-30-33-20(38)17(14)22(26,27)28)10-39-5-2-16(36)34-3-4-35-15(9-34)19(37)32-13-6-12(21(23,24)25)7-29-18(13)35/h6-8,11,15H,2-5,9-10H2,1H3,(H,32,37)(H2,31,33,38)/t11?,15-/m0/s1. The molecule has 0 aliphatic carbocycles. The van der Waals surface area contributed by atoms with E-state index in [0.29, 0.717) is 6.20 Å². The maximum absolute atomic E-state index is 13.2. The van der Waals surface area contributed by atoms with Crippen LogP contribution in [0, 0.1) is 0 Å². The number of carbonyl (C=O) groups is 2. The minimum absolute atomic E-state index is 0.0134. The SMILES string of the molecule is CC(COCCC(=O)N1CCN2c3ncc(C(F)(F)F)cc3NC(=O)[C@@H]2C1)Nc1cn[nH]c(=O)c1C(F)(F)F. The van der Waals surface area contributed by atoms with E-state index in [1.807, 2.05) is 0 Å². The predicted molar refractivity (Wildman–Crippen MR) is 124 cm³/mol. The number of ether oxygens (including phenoxy) is 1. The zero-order valence-electron chi connectivity index (χ0n) is 20.3. The van der Waals surface area contributed by atoms with Crippen molar-refractivity contribution in [1.29, 1.82) is 0 Å². The smallest absolute Gasteiger partial charge is 0.379 e. The molecule has 0 spiro atoms. The molecule has 1 unspecified atom stereocenters. The summed E-state index contributed by atoms with van der Waals surface area (Å²) in [4.78, 5) is 43.7. The van der Waals surface area contributed by atoms with Crippen LogP contribution in [0.25, 0.3) is 0 Å². The van der Waals surface area contributed by atoms with Crippen molar-refractivity contribution >= 4 is 29.0 Å². The molecule has 4 heterocycles. The average Bonchev–Trinajstić information content (AvgIpc) is 2.84. The van der Waals surface area contributed by atoms with Gasteiger partial charge in [-0.1, -0.05) is 0 Å². The highest BCUT2D eigenvalue weighted by Crippen LogP contribution is 2.37. The molecule has 2 aliphatic rings. The number of anilines is 3. The van der Waals surface area contributed by atoms with Gasteiger partial charge in [-0.15, -0.1) is 0 Å². The summed E-state index contributed by atoms with van der Waals surface area (Å²) in [5.74, 6) is -0.717. The topological polar surface area (TPSA) is 133 Å². The lowest BCUT2D eigenvalue weighted by atomic mass is 10.1. The Hall–Kier alpha value is -3.89. The fourth-order valence-corrected chi connectivity index (χ4v) is 4.31. The van der Waals surface area contributed by atoms with E-state index in [9.17, 15) is 40.7 Å². The maximum atomic E-state index is 13.2. The number of hydrogen-bond acceptors (Lipinski definition) is 8. The van der Waals surface area contributed by atoms with Crippen molar-refractivity contribution < 1.29 is 40.7 Å². The number of fused-ring (bicyclic) bond motifs is 3. The number of H-pyrrole nitrogens is 1. The van der Waals surface area contributed by atoms with Crippen molar-refractivity contribution in [2.45, 2.75) is 37.8 Å². The van der Waals surface area contributed by atoms with Crippen molar-refractivity contribution in [2.24, 2.45) is 0 Å². The number of aromatic amines is 1. The second kappa shape index (κ2) is 10.7. The highest BCUT2D eigenvalue weighted by Gasteiger charge is 2.41. The summed E-state index contributed by atoms with van der Waals surface area (Å²) in [6, 6.07) is -0.683. The summed E-state index contributed by atoms with van der Waals surface area (Å²) >= 11 is 0. The number of halogens is 6. The predicted octanol–water partition coefficient (Wildman–Crippen LogP) is 2.08. The third kappa shape index (κ3) is 6.23. The Balaban J connectivity index is 1.27. The lowest BCUT2D eigenvalue weighted by molar-refractivity contribution is -0.138. The van der Waals surface area contributed by atoms with Crippen LogP contribution in [-0.2, 0) is 26.7 Å². The molecule has 2 aliphatic heterocycles. The molecule has 17 heteroatoms. The largest absolute Gasteiger partial charge is 0.423 e. The van der Waals surface area contributed by atoms with E-state index in [1.54, 1.807) is 10.00 Å². The van der Waals surface area contributed by atoms with Crippen LogP contribution in [0.2, 0.25) is 0 Å². The molecule has 0 saturated carbocycles. The zero-order valence-corrected chi connectivity index (χ0v) is 20.3. The molecule has 0 radical (unpaired) electrons. The summed E-state index contributed by atoms with van der Waals surface area (Å²) in [6.45, 7) is 1.72. The lowest BCUT2D eigenvalue weighted by Gasteiger charge is -2.44. The van der Waals surface area contributed by atoms with Gasteiger partial charge in [-0.2, -0.15) is 31.4 Å². The van der Waals surface area contributed by atoms with Gasteiger partial charge < -0.3 is 25.2 Å². The quantitative estimate of drug-likeness (QED) is 0.345. The van der Waals surface area contributed by atoms with Crippen LogP contribution >= 0.6 is 0 Å². The van der Waals surface area contributed by atoms with Crippen molar-refractivity contribution in [3.63, 3.8) is 0 Å². The van der Waals surface area contributed by atoms with Gasteiger partial charge in [0.2, 0.25) is 11.8 Å². The fourth-order valence-electron chi connectivity index (χ4n) is 4.31. The van der Waals surface area contributed by atoms with E-state index in [0.717, 1.165) is 12.3 Å². The Morgan fingerprint density at radius 1 is 1.18 bits per heavy atom. The number of alkyl halides is 6. The first kappa shape index (κ1) is 28.1. The molecule has 2 atom stereocenters. The molecule has 1 fully saturated rings. The monoisotopic (exact) mass is 563 g/mol. The van der Waals surface area contributed by atoms with Crippen molar-refractivity contribution in [1.82, 2.24) is 20.1 Å². The van der Waals surface area contributed by atoms with Crippen LogP contribution in [0.5, 0.6) is 0 Å². The first-order chi connectivity index (χ1) is 18.3. The van der Waals surface area contributed by atoms with Gasteiger partial charge in [-0.3, -0.25) is 14.4 Å². The normalized spacial score (nSPS) is 18.2. The van der Waals surface area contributed by atoms with Gasteiger partial charge in [0.1, 0.15) is 11.6 Å². The fraction of sp³-hybridized carbons (Fsp3) is 0.500. The number of amides is 2. The van der Waals surface area contributed by atoms with E-state index in [-0.39, 0.29) is 56.7 Å². The third-order valence-electron chi connectivity index (χ3n) is 6.13. The Kier molecular flexibility index (Phi) is 7.72. The number of pyridine rings is 1.